The monoisotopic (exact) mass is 327 g/mol. The van der Waals surface area contributed by atoms with E-state index in [-0.39, 0.29) is 5.54 Å². The molecule has 0 amide bonds. The first kappa shape index (κ1) is 16.5. The minimum Gasteiger partial charge on any atom is -0.494 e. The molecule has 0 saturated heterocycles. The molecule has 19 heavy (non-hydrogen) atoms. The summed E-state index contributed by atoms with van der Waals surface area (Å²) >= 11 is 3.57. The Morgan fingerprint density at radius 2 is 1.68 bits per heavy atom. The summed E-state index contributed by atoms with van der Waals surface area (Å²) in [6.07, 6.45) is 2.23. The van der Waals surface area contributed by atoms with Crippen molar-refractivity contribution in [2.75, 3.05) is 13.2 Å². The topological polar surface area (TPSA) is 21.3 Å². The van der Waals surface area contributed by atoms with E-state index in [1.165, 1.54) is 15.6 Å². The third-order valence-corrected chi connectivity index (χ3v) is 4.16. The van der Waals surface area contributed by atoms with E-state index in [1.54, 1.807) is 0 Å². The van der Waals surface area contributed by atoms with Crippen LogP contribution in [0.3, 0.4) is 0 Å². The van der Waals surface area contributed by atoms with Gasteiger partial charge in [-0.05, 0) is 77.3 Å². The Hall–Kier alpha value is -0.540. The number of hydrogen-bond donors (Lipinski definition) is 1. The Morgan fingerprint density at radius 3 is 2.21 bits per heavy atom. The highest BCUT2D eigenvalue weighted by atomic mass is 79.9. The predicted octanol–water partition coefficient (Wildman–Crippen LogP) is 4.61. The van der Waals surface area contributed by atoms with Gasteiger partial charge in [0, 0.05) is 10.0 Å². The molecule has 0 radical (unpaired) electrons. The Balaban J connectivity index is 2.27. The molecule has 2 nitrogen and oxygen atoms in total. The maximum atomic E-state index is 5.81. The van der Waals surface area contributed by atoms with Gasteiger partial charge in [-0.1, -0.05) is 15.9 Å². The molecule has 0 heterocycles. The van der Waals surface area contributed by atoms with Crippen LogP contribution in [0.2, 0.25) is 0 Å². The van der Waals surface area contributed by atoms with Crippen LogP contribution >= 0.6 is 15.9 Å². The molecule has 0 spiro atoms. The summed E-state index contributed by atoms with van der Waals surface area (Å²) in [6.45, 7) is 12.6. The van der Waals surface area contributed by atoms with Crippen molar-refractivity contribution < 1.29 is 4.74 Å². The van der Waals surface area contributed by atoms with E-state index >= 15 is 0 Å². The number of nitrogens with one attached hydrogen (secondary N) is 1. The first-order valence-electron chi connectivity index (χ1n) is 6.94. The molecular formula is C16H26BrNO. The fourth-order valence-corrected chi connectivity index (χ4v) is 2.10. The van der Waals surface area contributed by atoms with Gasteiger partial charge in [-0.3, -0.25) is 0 Å². The third-order valence-electron chi connectivity index (χ3n) is 2.91. The Labute approximate surface area is 126 Å². The lowest BCUT2D eigenvalue weighted by atomic mass is 10.1. The van der Waals surface area contributed by atoms with Gasteiger partial charge in [0.2, 0.25) is 0 Å². The van der Waals surface area contributed by atoms with E-state index in [0.29, 0.717) is 0 Å². The standard InChI is InChI=1S/C16H26BrNO/c1-12-10-14(11-13(2)15(12)17)19-9-7-6-8-18-16(3,4)5/h10-11,18H,6-9H2,1-5H3. The summed E-state index contributed by atoms with van der Waals surface area (Å²) in [5.74, 6) is 0.974. The van der Waals surface area contributed by atoms with Gasteiger partial charge in [-0.25, -0.2) is 0 Å². The first-order valence-corrected chi connectivity index (χ1v) is 7.73. The van der Waals surface area contributed by atoms with Crippen molar-refractivity contribution in [1.29, 1.82) is 0 Å². The predicted molar refractivity (Wildman–Crippen MR) is 86.1 cm³/mol. The summed E-state index contributed by atoms with van der Waals surface area (Å²) in [7, 11) is 0. The average Bonchev–Trinajstić information content (AvgIpc) is 2.29. The second kappa shape index (κ2) is 7.30. The fourth-order valence-electron chi connectivity index (χ4n) is 1.87. The zero-order chi connectivity index (χ0) is 14.5. The lowest BCUT2D eigenvalue weighted by Crippen LogP contribution is -2.36. The molecule has 0 fully saturated rings. The molecular weight excluding hydrogens is 302 g/mol. The van der Waals surface area contributed by atoms with Gasteiger partial charge in [0.1, 0.15) is 5.75 Å². The highest BCUT2D eigenvalue weighted by molar-refractivity contribution is 9.10. The SMILES string of the molecule is Cc1cc(OCCCCNC(C)(C)C)cc(C)c1Br. The molecule has 1 aromatic rings. The summed E-state index contributed by atoms with van der Waals surface area (Å²) < 4.78 is 6.98. The van der Waals surface area contributed by atoms with E-state index in [1.807, 2.05) is 0 Å². The number of ether oxygens (including phenoxy) is 1. The van der Waals surface area contributed by atoms with Crippen molar-refractivity contribution in [2.45, 2.75) is 53.0 Å². The maximum absolute atomic E-state index is 5.81. The quantitative estimate of drug-likeness (QED) is 0.770. The second-order valence-electron chi connectivity index (χ2n) is 6.10. The number of unbranched alkanes of at least 4 members (excludes halogenated alkanes) is 1. The molecule has 1 rings (SSSR count). The molecule has 0 aliphatic rings. The molecule has 0 aliphatic heterocycles. The Kier molecular flexibility index (Phi) is 6.34. The van der Waals surface area contributed by atoms with E-state index in [9.17, 15) is 0 Å². The highest BCUT2D eigenvalue weighted by Gasteiger charge is 2.07. The zero-order valence-electron chi connectivity index (χ0n) is 12.8. The van der Waals surface area contributed by atoms with Gasteiger partial charge in [0.25, 0.3) is 0 Å². The number of hydrogen-bond acceptors (Lipinski definition) is 2. The van der Waals surface area contributed by atoms with Gasteiger partial charge >= 0.3 is 0 Å². The van der Waals surface area contributed by atoms with Gasteiger partial charge < -0.3 is 10.1 Å². The smallest absolute Gasteiger partial charge is 0.119 e. The van der Waals surface area contributed by atoms with Crippen LogP contribution in [-0.4, -0.2) is 18.7 Å². The van der Waals surface area contributed by atoms with Gasteiger partial charge in [0.15, 0.2) is 0 Å². The lowest BCUT2D eigenvalue weighted by Gasteiger charge is -2.20. The normalized spacial score (nSPS) is 11.7. The molecule has 0 unspecified atom stereocenters. The van der Waals surface area contributed by atoms with E-state index < -0.39 is 0 Å². The average molecular weight is 328 g/mol. The summed E-state index contributed by atoms with van der Waals surface area (Å²) in [6, 6.07) is 4.18. The highest BCUT2D eigenvalue weighted by Crippen LogP contribution is 2.26. The molecule has 0 atom stereocenters. The summed E-state index contributed by atoms with van der Waals surface area (Å²) in [5, 5.41) is 3.48. The molecule has 108 valence electrons. The molecule has 1 N–H and O–H groups in total. The zero-order valence-corrected chi connectivity index (χ0v) is 14.4. The van der Waals surface area contributed by atoms with Crippen LogP contribution in [0.25, 0.3) is 0 Å². The number of benzene rings is 1. The van der Waals surface area contributed by atoms with Crippen LogP contribution in [-0.2, 0) is 0 Å². The molecule has 3 heteroatoms. The van der Waals surface area contributed by atoms with Crippen molar-refractivity contribution in [3.8, 4) is 5.75 Å². The second-order valence-corrected chi connectivity index (χ2v) is 6.90. The van der Waals surface area contributed by atoms with Gasteiger partial charge in [-0.2, -0.15) is 0 Å². The molecule has 0 saturated carbocycles. The molecule has 0 aromatic heterocycles. The largest absolute Gasteiger partial charge is 0.494 e. The van der Waals surface area contributed by atoms with Crippen molar-refractivity contribution in [1.82, 2.24) is 5.32 Å². The number of aryl methyl sites for hydroxylation is 2. The number of halogens is 1. The van der Waals surface area contributed by atoms with Crippen LogP contribution in [0, 0.1) is 13.8 Å². The van der Waals surface area contributed by atoms with E-state index in [0.717, 1.165) is 31.7 Å². The first-order chi connectivity index (χ1) is 8.79. The van der Waals surface area contributed by atoms with Crippen molar-refractivity contribution in [3.05, 3.63) is 27.7 Å². The maximum Gasteiger partial charge on any atom is 0.119 e. The molecule has 1 aromatic carbocycles. The summed E-state index contributed by atoms with van der Waals surface area (Å²) in [4.78, 5) is 0. The van der Waals surface area contributed by atoms with Crippen molar-refractivity contribution >= 4 is 15.9 Å². The van der Waals surface area contributed by atoms with Crippen LogP contribution in [0.4, 0.5) is 0 Å². The number of rotatable bonds is 6. The van der Waals surface area contributed by atoms with Crippen LogP contribution in [0.1, 0.15) is 44.7 Å². The molecule has 0 aliphatic carbocycles. The van der Waals surface area contributed by atoms with E-state index in [4.69, 9.17) is 4.74 Å². The Bertz CT molecular complexity index is 387. The van der Waals surface area contributed by atoms with Gasteiger partial charge in [0.05, 0.1) is 6.61 Å². The van der Waals surface area contributed by atoms with Gasteiger partial charge in [-0.15, -0.1) is 0 Å². The molecule has 0 bridgehead atoms. The van der Waals surface area contributed by atoms with Crippen molar-refractivity contribution in [3.63, 3.8) is 0 Å². The third kappa shape index (κ3) is 6.44. The van der Waals surface area contributed by atoms with Crippen LogP contribution in [0.5, 0.6) is 5.75 Å². The van der Waals surface area contributed by atoms with Crippen LogP contribution in [0.15, 0.2) is 16.6 Å². The fraction of sp³-hybridized carbons (Fsp3) is 0.625. The Morgan fingerprint density at radius 1 is 1.11 bits per heavy atom. The van der Waals surface area contributed by atoms with Crippen molar-refractivity contribution in [2.24, 2.45) is 0 Å². The lowest BCUT2D eigenvalue weighted by molar-refractivity contribution is 0.301. The van der Waals surface area contributed by atoms with Crippen LogP contribution < -0.4 is 10.1 Å². The van der Waals surface area contributed by atoms with E-state index in [2.05, 4.69) is 68.0 Å². The summed E-state index contributed by atoms with van der Waals surface area (Å²) in [5.41, 5.74) is 2.66. The minimum absolute atomic E-state index is 0.209. The minimum atomic E-state index is 0.209.